The highest BCUT2D eigenvalue weighted by Gasteiger charge is 2.31. The van der Waals surface area contributed by atoms with E-state index >= 15 is 0 Å². The highest BCUT2D eigenvalue weighted by Crippen LogP contribution is 2.28. The number of sulfone groups is 1. The summed E-state index contributed by atoms with van der Waals surface area (Å²) in [6.45, 7) is 3.37. The van der Waals surface area contributed by atoms with Crippen LogP contribution in [0.25, 0.3) is 0 Å². The third-order valence-corrected chi connectivity index (χ3v) is 6.68. The maximum atomic E-state index is 13.0. The molecule has 1 aliphatic carbocycles. The van der Waals surface area contributed by atoms with Crippen LogP contribution in [0.4, 0.5) is 10.1 Å². The molecule has 0 radical (unpaired) electrons. The molecule has 0 unspecified atom stereocenters. The van der Waals surface area contributed by atoms with Gasteiger partial charge in [-0.1, -0.05) is 0 Å². The number of piperazine rings is 1. The molecule has 2 fully saturated rings. The molecule has 1 saturated carbocycles. The lowest BCUT2D eigenvalue weighted by atomic mass is 9.85. The van der Waals surface area contributed by atoms with Gasteiger partial charge in [-0.05, 0) is 49.9 Å². The van der Waals surface area contributed by atoms with Crippen LogP contribution in [0.1, 0.15) is 25.7 Å². The standard InChI is InChI=1S/C20H30FN3O3S/c1-28(26,27)15-14-23-10-12-24(13-11-23)20(25)16-2-6-18(7-3-16)22-19-8-4-17(21)5-9-19/h4-5,8-9,16,18,22H,2-3,6-7,10-15H2,1H3. The molecule has 6 nitrogen and oxygen atoms in total. The molecule has 0 aromatic heterocycles. The lowest BCUT2D eigenvalue weighted by Crippen LogP contribution is -2.51. The summed E-state index contributed by atoms with van der Waals surface area (Å²) in [4.78, 5) is 16.9. The van der Waals surface area contributed by atoms with Gasteiger partial charge in [-0.25, -0.2) is 12.8 Å². The number of rotatable bonds is 6. The first kappa shape index (κ1) is 21.0. The first-order valence-electron chi connectivity index (χ1n) is 10.0. The summed E-state index contributed by atoms with van der Waals surface area (Å²) in [5.41, 5.74) is 0.918. The molecule has 28 heavy (non-hydrogen) atoms. The van der Waals surface area contributed by atoms with Crippen LogP contribution in [0.15, 0.2) is 24.3 Å². The molecule has 1 aromatic rings. The van der Waals surface area contributed by atoms with E-state index in [-0.39, 0.29) is 23.4 Å². The van der Waals surface area contributed by atoms with Gasteiger partial charge in [0, 0.05) is 56.6 Å². The van der Waals surface area contributed by atoms with E-state index in [4.69, 9.17) is 0 Å². The second-order valence-electron chi connectivity index (χ2n) is 8.00. The molecular formula is C20H30FN3O3S. The molecule has 8 heteroatoms. The zero-order valence-electron chi connectivity index (χ0n) is 16.4. The first-order chi connectivity index (χ1) is 13.3. The van der Waals surface area contributed by atoms with Gasteiger partial charge >= 0.3 is 0 Å². The van der Waals surface area contributed by atoms with E-state index in [1.807, 2.05) is 4.90 Å². The smallest absolute Gasteiger partial charge is 0.225 e. The first-order valence-corrected chi connectivity index (χ1v) is 12.1. The van der Waals surface area contributed by atoms with E-state index < -0.39 is 9.84 Å². The van der Waals surface area contributed by atoms with Gasteiger partial charge in [0.05, 0.1) is 5.75 Å². The Morgan fingerprint density at radius 2 is 1.68 bits per heavy atom. The highest BCUT2D eigenvalue weighted by atomic mass is 32.2. The minimum atomic E-state index is -2.95. The predicted molar refractivity (Wildman–Crippen MR) is 108 cm³/mol. The van der Waals surface area contributed by atoms with Crippen LogP contribution in [0.5, 0.6) is 0 Å². The number of carbonyl (C=O) groups excluding carboxylic acids is 1. The van der Waals surface area contributed by atoms with Gasteiger partial charge in [-0.2, -0.15) is 0 Å². The molecule has 2 aliphatic rings. The van der Waals surface area contributed by atoms with Crippen molar-refractivity contribution >= 4 is 21.4 Å². The van der Waals surface area contributed by atoms with Crippen molar-refractivity contribution in [1.29, 1.82) is 0 Å². The van der Waals surface area contributed by atoms with Crippen molar-refractivity contribution in [3.8, 4) is 0 Å². The van der Waals surface area contributed by atoms with Gasteiger partial charge in [-0.15, -0.1) is 0 Å². The number of nitrogens with one attached hydrogen (secondary N) is 1. The molecule has 1 heterocycles. The Bertz CT molecular complexity index is 753. The van der Waals surface area contributed by atoms with Crippen molar-refractivity contribution in [2.75, 3.05) is 50.0 Å². The van der Waals surface area contributed by atoms with Crippen LogP contribution in [-0.2, 0) is 14.6 Å². The molecular weight excluding hydrogens is 381 g/mol. The molecule has 1 saturated heterocycles. The summed E-state index contributed by atoms with van der Waals surface area (Å²) in [5.74, 6) is 0.250. The Hall–Kier alpha value is -1.67. The zero-order valence-corrected chi connectivity index (χ0v) is 17.3. The third-order valence-electron chi connectivity index (χ3n) is 5.75. The van der Waals surface area contributed by atoms with Crippen LogP contribution < -0.4 is 5.32 Å². The van der Waals surface area contributed by atoms with Gasteiger partial charge in [-0.3, -0.25) is 9.69 Å². The minimum Gasteiger partial charge on any atom is -0.382 e. The second kappa shape index (κ2) is 9.22. The number of anilines is 1. The second-order valence-corrected chi connectivity index (χ2v) is 10.3. The summed E-state index contributed by atoms with van der Waals surface area (Å²) < 4.78 is 35.6. The van der Waals surface area contributed by atoms with Crippen LogP contribution in [0.3, 0.4) is 0 Å². The fourth-order valence-electron chi connectivity index (χ4n) is 4.01. The molecule has 0 spiro atoms. The fraction of sp³-hybridized carbons (Fsp3) is 0.650. The van der Waals surface area contributed by atoms with Gasteiger partial charge in [0.25, 0.3) is 0 Å². The number of halogens is 1. The van der Waals surface area contributed by atoms with Crippen LogP contribution in [-0.4, -0.2) is 74.9 Å². The number of hydrogen-bond acceptors (Lipinski definition) is 5. The Labute approximate surface area is 167 Å². The normalized spacial score (nSPS) is 24.1. The maximum absolute atomic E-state index is 13.0. The fourth-order valence-corrected chi connectivity index (χ4v) is 4.60. The Morgan fingerprint density at radius 3 is 2.25 bits per heavy atom. The number of carbonyl (C=O) groups is 1. The number of benzene rings is 1. The molecule has 1 aliphatic heterocycles. The van der Waals surface area contributed by atoms with E-state index in [0.717, 1.165) is 44.5 Å². The molecule has 1 N–H and O–H groups in total. The minimum absolute atomic E-state index is 0.0776. The van der Waals surface area contributed by atoms with E-state index in [0.29, 0.717) is 25.7 Å². The van der Waals surface area contributed by atoms with Crippen LogP contribution >= 0.6 is 0 Å². The summed E-state index contributed by atoms with van der Waals surface area (Å²) in [6.07, 6.45) is 4.86. The van der Waals surface area contributed by atoms with Gasteiger partial charge in [0.1, 0.15) is 15.7 Å². The van der Waals surface area contributed by atoms with Crippen molar-refractivity contribution < 1.29 is 17.6 Å². The topological polar surface area (TPSA) is 69.7 Å². The molecule has 1 aromatic carbocycles. The molecule has 0 atom stereocenters. The summed E-state index contributed by atoms with van der Waals surface area (Å²) >= 11 is 0. The lowest BCUT2D eigenvalue weighted by Gasteiger charge is -2.38. The molecule has 156 valence electrons. The third kappa shape index (κ3) is 6.17. The SMILES string of the molecule is CS(=O)(=O)CCN1CCN(C(=O)C2CCC(Nc3ccc(F)cc3)CC2)CC1. The maximum Gasteiger partial charge on any atom is 0.225 e. The molecule has 1 amide bonds. The quantitative estimate of drug-likeness (QED) is 0.775. The van der Waals surface area contributed by atoms with Gasteiger partial charge in [0.15, 0.2) is 0 Å². The average molecular weight is 412 g/mol. The Morgan fingerprint density at radius 1 is 1.07 bits per heavy atom. The average Bonchev–Trinajstić information content (AvgIpc) is 2.68. The highest BCUT2D eigenvalue weighted by molar-refractivity contribution is 7.90. The van der Waals surface area contributed by atoms with Crippen molar-refractivity contribution in [3.63, 3.8) is 0 Å². The lowest BCUT2D eigenvalue weighted by molar-refractivity contribution is -0.138. The summed E-state index contributed by atoms with van der Waals surface area (Å²) in [6, 6.07) is 6.72. The largest absolute Gasteiger partial charge is 0.382 e. The van der Waals surface area contributed by atoms with Crippen LogP contribution in [0.2, 0.25) is 0 Å². The zero-order chi connectivity index (χ0) is 20.1. The molecule has 3 rings (SSSR count). The predicted octanol–water partition coefficient (Wildman–Crippen LogP) is 1.99. The van der Waals surface area contributed by atoms with Crippen molar-refractivity contribution in [1.82, 2.24) is 9.80 Å². The van der Waals surface area contributed by atoms with Gasteiger partial charge in [0.2, 0.25) is 5.91 Å². The summed E-state index contributed by atoms with van der Waals surface area (Å²) in [7, 11) is -2.95. The number of hydrogen-bond donors (Lipinski definition) is 1. The van der Waals surface area contributed by atoms with Crippen molar-refractivity contribution in [3.05, 3.63) is 30.1 Å². The monoisotopic (exact) mass is 411 g/mol. The van der Waals surface area contributed by atoms with E-state index in [2.05, 4.69) is 10.2 Å². The Balaban J connectivity index is 1.40. The molecule has 0 bridgehead atoms. The summed E-state index contributed by atoms with van der Waals surface area (Å²) in [5, 5.41) is 3.43. The van der Waals surface area contributed by atoms with Crippen molar-refractivity contribution in [2.24, 2.45) is 5.92 Å². The van der Waals surface area contributed by atoms with Crippen molar-refractivity contribution in [2.45, 2.75) is 31.7 Å². The number of nitrogens with zero attached hydrogens (tertiary/aromatic N) is 2. The van der Waals surface area contributed by atoms with Crippen LogP contribution in [0, 0.1) is 11.7 Å². The van der Waals surface area contributed by atoms with E-state index in [9.17, 15) is 17.6 Å². The Kier molecular flexibility index (Phi) is 6.93. The van der Waals surface area contributed by atoms with E-state index in [1.165, 1.54) is 18.4 Å². The number of amides is 1. The van der Waals surface area contributed by atoms with Gasteiger partial charge < -0.3 is 10.2 Å². The van der Waals surface area contributed by atoms with E-state index in [1.54, 1.807) is 12.1 Å².